The normalized spacial score (nSPS) is 19.9. The Morgan fingerprint density at radius 3 is 3.00 bits per heavy atom. The highest BCUT2D eigenvalue weighted by Crippen LogP contribution is 2.38. The van der Waals surface area contributed by atoms with Gasteiger partial charge in [0.1, 0.15) is 6.10 Å². The molecule has 2 amide bonds. The number of benzene rings is 1. The van der Waals surface area contributed by atoms with Crippen LogP contribution in [0.2, 0.25) is 0 Å². The molecule has 3 aliphatic rings. The predicted octanol–water partition coefficient (Wildman–Crippen LogP) is 4.31. The van der Waals surface area contributed by atoms with Gasteiger partial charge in [0.05, 0.1) is 35.1 Å². The molecule has 8 nitrogen and oxygen atoms in total. The number of aliphatic imine (C=N–C) groups is 1. The third kappa shape index (κ3) is 4.66. The quantitative estimate of drug-likeness (QED) is 0.449. The van der Waals surface area contributed by atoms with Gasteiger partial charge in [-0.2, -0.15) is 5.10 Å². The summed E-state index contributed by atoms with van der Waals surface area (Å²) in [5, 5.41) is 7.95. The first kappa shape index (κ1) is 22.2. The van der Waals surface area contributed by atoms with Crippen molar-refractivity contribution in [2.45, 2.75) is 38.2 Å². The van der Waals surface area contributed by atoms with E-state index in [1.54, 1.807) is 6.20 Å². The zero-order valence-electron chi connectivity index (χ0n) is 19.4. The Morgan fingerprint density at radius 2 is 2.11 bits per heavy atom. The molecule has 6 rings (SSSR count). The van der Waals surface area contributed by atoms with Gasteiger partial charge >= 0.3 is 6.03 Å². The summed E-state index contributed by atoms with van der Waals surface area (Å²) in [4.78, 5) is 17.5. The van der Waals surface area contributed by atoms with Gasteiger partial charge in [0.25, 0.3) is 0 Å². The van der Waals surface area contributed by atoms with E-state index in [4.69, 9.17) is 10.5 Å². The summed E-state index contributed by atoms with van der Waals surface area (Å²) < 4.78 is 10.6. The van der Waals surface area contributed by atoms with Gasteiger partial charge in [0.2, 0.25) is 0 Å². The molecule has 1 atom stereocenters. The molecule has 1 saturated carbocycles. The number of aryl methyl sites for hydroxylation is 1. The van der Waals surface area contributed by atoms with E-state index >= 15 is 0 Å². The van der Waals surface area contributed by atoms with Gasteiger partial charge in [0, 0.05) is 35.5 Å². The lowest BCUT2D eigenvalue weighted by Gasteiger charge is -2.22. The number of fused-ring (bicyclic) bond motifs is 2. The molecule has 0 bridgehead atoms. The maximum Gasteiger partial charge on any atom is 0.329 e. The van der Waals surface area contributed by atoms with Crippen molar-refractivity contribution in [2.24, 2.45) is 16.6 Å². The maximum atomic E-state index is 12.9. The molecule has 0 saturated heterocycles. The van der Waals surface area contributed by atoms with Crippen LogP contribution in [0.25, 0.3) is 16.6 Å². The van der Waals surface area contributed by atoms with Crippen molar-refractivity contribution in [1.29, 1.82) is 0 Å². The molecule has 2 aliphatic carbocycles. The molecule has 1 unspecified atom stereocenters. The van der Waals surface area contributed by atoms with E-state index in [0.717, 1.165) is 59.3 Å². The van der Waals surface area contributed by atoms with Crippen molar-refractivity contribution >= 4 is 34.9 Å². The van der Waals surface area contributed by atoms with Gasteiger partial charge in [-0.05, 0) is 67.4 Å². The molecule has 35 heavy (non-hydrogen) atoms. The third-order valence-electron chi connectivity index (χ3n) is 6.80. The summed E-state index contributed by atoms with van der Waals surface area (Å²) in [5.41, 5.74) is 13.4. The highest BCUT2D eigenvalue weighted by Gasteiger charge is 2.36. The molecule has 9 heteroatoms. The fraction of sp³-hybridized carbons (Fsp3) is 0.346. The molecule has 180 valence electrons. The lowest BCUT2D eigenvalue weighted by atomic mass is 9.98. The Bertz CT molecular complexity index is 1340. The first-order valence-corrected chi connectivity index (χ1v) is 12.9. The molecule has 4 N–H and O–H groups in total. The van der Waals surface area contributed by atoms with Gasteiger partial charge in [0.15, 0.2) is 0 Å². The number of hydrogen-bond acceptors (Lipinski definition) is 6. The monoisotopic (exact) mass is 488 g/mol. The van der Waals surface area contributed by atoms with Gasteiger partial charge in [-0.15, -0.1) is 0 Å². The number of carbonyl (C=O) groups is 1. The average Bonchev–Trinajstić information content (AvgIpc) is 3.40. The van der Waals surface area contributed by atoms with Gasteiger partial charge in [-0.25, -0.2) is 9.31 Å². The standard InChI is InChI=1S/C26H28N6O2S/c27-23(14-22-25(17-4-5-17)34-13-12-28-22)35-31-26(33)30-24-20-3-1-2-16(20)7-9-21(24)18-6-8-19-10-11-29-32(19)15-18/h6-11,14-15,17,25H,1-5,12-13,27H2,(H2,30,31,33)/b23-14+. The number of nitrogens with one attached hydrogen (secondary N) is 2. The summed E-state index contributed by atoms with van der Waals surface area (Å²) >= 11 is 1.10. The number of pyridine rings is 1. The second-order valence-corrected chi connectivity index (χ2v) is 10.1. The lowest BCUT2D eigenvalue weighted by molar-refractivity contribution is 0.0817. The first-order valence-electron chi connectivity index (χ1n) is 12.1. The van der Waals surface area contributed by atoms with Crippen LogP contribution in [-0.4, -0.2) is 40.6 Å². The number of aromatic nitrogens is 2. The third-order valence-corrected chi connectivity index (χ3v) is 7.45. The second kappa shape index (κ2) is 9.39. The number of hydrogen-bond donors (Lipinski definition) is 3. The zero-order chi connectivity index (χ0) is 23.8. The summed E-state index contributed by atoms with van der Waals surface area (Å²) in [6.45, 7) is 1.30. The zero-order valence-corrected chi connectivity index (χ0v) is 20.2. The number of nitrogens with two attached hydrogens (primary N) is 1. The van der Waals surface area contributed by atoms with Crippen molar-refractivity contribution in [1.82, 2.24) is 14.3 Å². The molecule has 0 spiro atoms. The summed E-state index contributed by atoms with van der Waals surface area (Å²) in [7, 11) is 0. The van der Waals surface area contributed by atoms with Gasteiger partial charge in [-0.1, -0.05) is 18.2 Å². The van der Waals surface area contributed by atoms with E-state index in [9.17, 15) is 4.79 Å². The van der Waals surface area contributed by atoms with Crippen molar-refractivity contribution < 1.29 is 9.53 Å². The highest BCUT2D eigenvalue weighted by atomic mass is 32.2. The summed E-state index contributed by atoms with van der Waals surface area (Å²) in [6.07, 6.45) is 11.0. The molecule has 1 aliphatic heterocycles. The minimum absolute atomic E-state index is 0.0262. The van der Waals surface area contributed by atoms with E-state index in [1.807, 2.05) is 28.9 Å². The maximum absolute atomic E-state index is 12.9. The van der Waals surface area contributed by atoms with Crippen molar-refractivity contribution in [2.75, 3.05) is 18.5 Å². The van der Waals surface area contributed by atoms with Crippen LogP contribution >= 0.6 is 11.9 Å². The fourth-order valence-corrected chi connectivity index (χ4v) is 5.42. The number of ether oxygens (including phenoxy) is 1. The molecule has 1 aromatic carbocycles. The average molecular weight is 489 g/mol. The molecule has 3 aromatic rings. The largest absolute Gasteiger partial charge is 0.392 e. The van der Waals surface area contributed by atoms with Crippen LogP contribution in [0.5, 0.6) is 0 Å². The Balaban J connectivity index is 1.19. The van der Waals surface area contributed by atoms with E-state index in [0.29, 0.717) is 24.1 Å². The molecule has 1 fully saturated rings. The van der Waals surface area contributed by atoms with E-state index in [-0.39, 0.29) is 12.1 Å². The first-order chi connectivity index (χ1) is 17.2. The van der Waals surface area contributed by atoms with Crippen LogP contribution in [-0.2, 0) is 17.6 Å². The number of anilines is 1. The number of amides is 2. The van der Waals surface area contributed by atoms with Crippen LogP contribution in [0.3, 0.4) is 0 Å². The van der Waals surface area contributed by atoms with E-state index < -0.39 is 0 Å². The lowest BCUT2D eigenvalue weighted by Crippen LogP contribution is -2.31. The second-order valence-electron chi connectivity index (χ2n) is 9.24. The van der Waals surface area contributed by atoms with Crippen molar-refractivity contribution in [3.63, 3.8) is 0 Å². The minimum atomic E-state index is -0.311. The predicted molar refractivity (Wildman–Crippen MR) is 139 cm³/mol. The van der Waals surface area contributed by atoms with Crippen LogP contribution in [0.15, 0.2) is 58.8 Å². The van der Waals surface area contributed by atoms with Crippen LogP contribution in [0.4, 0.5) is 10.5 Å². The Labute approximate surface area is 208 Å². The van der Waals surface area contributed by atoms with E-state index in [2.05, 4.69) is 38.3 Å². The Hall–Kier alpha value is -3.30. The number of nitrogens with zero attached hydrogens (tertiary/aromatic N) is 3. The summed E-state index contributed by atoms with van der Waals surface area (Å²) in [5.74, 6) is 0.541. The number of rotatable bonds is 6. The minimum Gasteiger partial charge on any atom is -0.392 e. The van der Waals surface area contributed by atoms with Crippen molar-refractivity contribution in [3.05, 3.63) is 65.0 Å². The SMILES string of the molecule is N/C(=C\C1=NCCOC1C1CC1)SNC(=O)Nc1c(-c2ccc3ccnn3c2)ccc2c1CCC2. The molecule has 0 radical (unpaired) electrons. The van der Waals surface area contributed by atoms with Gasteiger partial charge < -0.3 is 15.8 Å². The summed E-state index contributed by atoms with van der Waals surface area (Å²) in [6, 6.07) is 10.0. The van der Waals surface area contributed by atoms with Crippen LogP contribution < -0.4 is 15.8 Å². The van der Waals surface area contributed by atoms with Crippen LogP contribution in [0.1, 0.15) is 30.4 Å². The number of carbonyl (C=O) groups excluding carboxylic acids is 1. The van der Waals surface area contributed by atoms with Crippen LogP contribution in [0, 0.1) is 5.92 Å². The van der Waals surface area contributed by atoms with E-state index in [1.165, 1.54) is 24.0 Å². The molecule has 3 heterocycles. The molecular weight excluding hydrogens is 460 g/mol. The Morgan fingerprint density at radius 1 is 1.20 bits per heavy atom. The Kier molecular flexibility index (Phi) is 5.95. The molecule has 2 aromatic heterocycles. The fourth-order valence-electron chi connectivity index (χ4n) is 4.98. The smallest absolute Gasteiger partial charge is 0.329 e. The number of urea groups is 1. The molecular formula is C26H28N6O2S. The van der Waals surface area contributed by atoms with Gasteiger partial charge in [-0.3, -0.25) is 9.71 Å². The van der Waals surface area contributed by atoms with Crippen molar-refractivity contribution in [3.8, 4) is 11.1 Å². The topological polar surface area (TPSA) is 106 Å². The highest BCUT2D eigenvalue weighted by molar-refractivity contribution is 8.01.